The van der Waals surface area contributed by atoms with Gasteiger partial charge in [0.05, 0.1) is 13.1 Å². The van der Waals surface area contributed by atoms with Crippen LogP contribution in [0.5, 0.6) is 5.75 Å². The minimum atomic E-state index is -0.941. The third-order valence-corrected chi connectivity index (χ3v) is 7.66. The summed E-state index contributed by atoms with van der Waals surface area (Å²) in [6.07, 6.45) is 0.937. The van der Waals surface area contributed by atoms with E-state index in [0.717, 1.165) is 11.1 Å². The molecule has 0 aliphatic carbocycles. The Morgan fingerprint density at radius 1 is 1.05 bits per heavy atom. The molecule has 0 bridgehead atoms. The van der Waals surface area contributed by atoms with Crippen molar-refractivity contribution in [2.75, 3.05) is 19.6 Å². The minimum absolute atomic E-state index is 0.00354. The number of aryl methyl sites for hydroxylation is 1. The Hall–Kier alpha value is -4.70. The van der Waals surface area contributed by atoms with Gasteiger partial charge in [-0.05, 0) is 35.7 Å². The molecule has 2 fully saturated rings. The molecule has 0 spiro atoms. The van der Waals surface area contributed by atoms with Gasteiger partial charge in [-0.3, -0.25) is 9.59 Å². The first-order valence-corrected chi connectivity index (χ1v) is 13.9. The highest BCUT2D eigenvalue weighted by Gasteiger charge is 2.51. The predicted molar refractivity (Wildman–Crippen MR) is 155 cm³/mol. The molecule has 218 valence electrons. The number of phenolic OH excluding ortho intramolecular Hbond substituents is 1. The van der Waals surface area contributed by atoms with Gasteiger partial charge in [0.25, 0.3) is 0 Å². The summed E-state index contributed by atoms with van der Waals surface area (Å²) in [6, 6.07) is 19.6. The van der Waals surface area contributed by atoms with Gasteiger partial charge < -0.3 is 20.2 Å². The quantitative estimate of drug-likeness (QED) is 0.403. The molecule has 2 aliphatic heterocycles. The summed E-state index contributed by atoms with van der Waals surface area (Å²) in [5.74, 6) is -0.949. The third kappa shape index (κ3) is 5.99. The van der Waals surface area contributed by atoms with Crippen LogP contribution in [0.2, 0.25) is 0 Å². The Morgan fingerprint density at radius 3 is 2.50 bits per heavy atom. The molecule has 1 unspecified atom stereocenters. The fraction of sp³-hybridized carbons (Fsp3) is 0.281. The topological polar surface area (TPSA) is 96.4 Å². The number of benzene rings is 3. The van der Waals surface area contributed by atoms with Crippen LogP contribution in [-0.4, -0.2) is 74.6 Å². The Kier molecular flexibility index (Phi) is 8.53. The zero-order valence-electron chi connectivity index (χ0n) is 23.4. The van der Waals surface area contributed by atoms with E-state index in [9.17, 15) is 19.5 Å². The lowest BCUT2D eigenvalue weighted by molar-refractivity contribution is -0.189. The number of fused-ring (bicyclic) bond motifs is 1. The van der Waals surface area contributed by atoms with Gasteiger partial charge in [-0.25, -0.2) is 19.2 Å². The minimum Gasteiger partial charge on any atom is -0.508 e. The Bertz CT molecular complexity index is 1470. The lowest BCUT2D eigenvalue weighted by Crippen LogP contribution is -2.76. The number of piperazine rings is 1. The number of aromatic hydroxyl groups is 1. The average Bonchev–Trinajstić information content (AvgIpc) is 2.98. The Labute approximate surface area is 244 Å². The van der Waals surface area contributed by atoms with E-state index < -0.39 is 24.1 Å². The van der Waals surface area contributed by atoms with Crippen LogP contribution in [0, 0.1) is 12.7 Å². The van der Waals surface area contributed by atoms with Crippen molar-refractivity contribution >= 4 is 17.8 Å². The van der Waals surface area contributed by atoms with Crippen LogP contribution in [0.1, 0.15) is 22.3 Å². The van der Waals surface area contributed by atoms with E-state index in [1.807, 2.05) is 30.3 Å². The van der Waals surface area contributed by atoms with Crippen molar-refractivity contribution in [1.82, 2.24) is 25.1 Å². The number of nitrogens with zero attached hydrogens (tertiary/aromatic N) is 4. The van der Waals surface area contributed by atoms with E-state index in [4.69, 9.17) is 0 Å². The number of halogens is 1. The molecule has 10 heteroatoms. The van der Waals surface area contributed by atoms with Gasteiger partial charge in [0, 0.05) is 31.6 Å². The molecule has 2 heterocycles. The maximum absolute atomic E-state index is 15.1. The summed E-state index contributed by atoms with van der Waals surface area (Å²) in [6.45, 7) is 5.83. The number of urea groups is 1. The molecule has 42 heavy (non-hydrogen) atoms. The normalized spacial score (nSPS) is 19.0. The average molecular weight is 572 g/mol. The van der Waals surface area contributed by atoms with E-state index in [1.54, 1.807) is 48.3 Å². The summed E-state index contributed by atoms with van der Waals surface area (Å²) in [5, 5.41) is 15.8. The third-order valence-electron chi connectivity index (χ3n) is 7.66. The van der Waals surface area contributed by atoms with Gasteiger partial charge >= 0.3 is 6.03 Å². The van der Waals surface area contributed by atoms with Crippen LogP contribution in [0.4, 0.5) is 9.18 Å². The number of nitrogens with one attached hydrogen (secondary N) is 1. The predicted octanol–water partition coefficient (Wildman–Crippen LogP) is 3.58. The highest BCUT2D eigenvalue weighted by atomic mass is 19.1. The largest absolute Gasteiger partial charge is 0.508 e. The van der Waals surface area contributed by atoms with Gasteiger partial charge in [0.2, 0.25) is 11.8 Å². The summed E-state index contributed by atoms with van der Waals surface area (Å²) in [5.41, 5.74) is 2.46. The second-order valence-electron chi connectivity index (χ2n) is 10.6. The van der Waals surface area contributed by atoms with Gasteiger partial charge in [0.15, 0.2) is 0 Å². The molecule has 0 radical (unpaired) electrons. The van der Waals surface area contributed by atoms with Crippen LogP contribution in [0.15, 0.2) is 85.5 Å². The maximum atomic E-state index is 15.1. The first-order valence-electron chi connectivity index (χ1n) is 13.9. The van der Waals surface area contributed by atoms with Crippen LogP contribution < -0.4 is 5.32 Å². The molecule has 3 aromatic rings. The molecule has 0 aromatic heterocycles. The lowest BCUT2D eigenvalue weighted by atomic mass is 9.98. The summed E-state index contributed by atoms with van der Waals surface area (Å²) < 4.78 is 15.1. The standard InChI is InChI=1S/C32H34FN5O4/c1-3-16-36-21-29(40)37-27(17-23-12-14-26(39)15-13-23)31(41)35(19-25-11-7-8-22(2)30(25)33)20-28(37)38(36)32(42)34-18-24-9-5-4-6-10-24/h3-15,27-28,39H,1,16-21H2,2H3,(H,34,42)/t27-,28?/m0/s1. The molecule has 9 nitrogen and oxygen atoms in total. The summed E-state index contributed by atoms with van der Waals surface area (Å²) in [4.78, 5) is 44.4. The number of amides is 4. The molecule has 2 N–H and O–H groups in total. The maximum Gasteiger partial charge on any atom is 0.334 e. The summed E-state index contributed by atoms with van der Waals surface area (Å²) >= 11 is 0. The SMILES string of the molecule is C=CCN1CC(=O)N2C(CN(Cc3cccc(C)c3F)C(=O)[C@@H]2Cc2ccc(O)cc2)N1C(=O)NCc1ccccc1. The van der Waals surface area contributed by atoms with Crippen molar-refractivity contribution in [2.24, 2.45) is 0 Å². The monoisotopic (exact) mass is 571 g/mol. The van der Waals surface area contributed by atoms with Crippen molar-refractivity contribution in [3.05, 3.63) is 114 Å². The summed E-state index contributed by atoms with van der Waals surface area (Å²) in [7, 11) is 0. The first kappa shape index (κ1) is 28.8. The van der Waals surface area contributed by atoms with Crippen molar-refractivity contribution in [2.45, 2.75) is 38.6 Å². The number of hydrogen-bond acceptors (Lipinski definition) is 5. The molecule has 2 atom stereocenters. The molecule has 3 aromatic carbocycles. The number of hydrazine groups is 1. The second kappa shape index (κ2) is 12.4. The molecule has 2 aliphatic rings. The number of rotatable bonds is 8. The number of carbonyl (C=O) groups is 3. The second-order valence-corrected chi connectivity index (χ2v) is 10.6. The fourth-order valence-corrected chi connectivity index (χ4v) is 5.59. The van der Waals surface area contributed by atoms with E-state index in [1.165, 1.54) is 26.9 Å². The van der Waals surface area contributed by atoms with Crippen LogP contribution in [0.3, 0.4) is 0 Å². The van der Waals surface area contributed by atoms with E-state index in [-0.39, 0.29) is 56.7 Å². The Morgan fingerprint density at radius 2 is 1.79 bits per heavy atom. The van der Waals surface area contributed by atoms with Gasteiger partial charge in [-0.2, -0.15) is 0 Å². The van der Waals surface area contributed by atoms with Gasteiger partial charge in [0.1, 0.15) is 23.8 Å². The lowest BCUT2D eigenvalue weighted by Gasteiger charge is -2.55. The number of carbonyl (C=O) groups excluding carboxylic acids is 3. The van der Waals surface area contributed by atoms with E-state index in [2.05, 4.69) is 11.9 Å². The van der Waals surface area contributed by atoms with E-state index >= 15 is 4.39 Å². The van der Waals surface area contributed by atoms with Crippen LogP contribution >= 0.6 is 0 Å². The van der Waals surface area contributed by atoms with Crippen molar-refractivity contribution in [3.8, 4) is 5.75 Å². The molecule has 0 saturated carbocycles. The molecular formula is C32H34FN5O4. The zero-order valence-corrected chi connectivity index (χ0v) is 23.4. The van der Waals surface area contributed by atoms with Gasteiger partial charge in [-0.15, -0.1) is 6.58 Å². The van der Waals surface area contributed by atoms with E-state index in [0.29, 0.717) is 11.1 Å². The molecular weight excluding hydrogens is 537 g/mol. The van der Waals surface area contributed by atoms with Crippen LogP contribution in [0.25, 0.3) is 0 Å². The van der Waals surface area contributed by atoms with Crippen molar-refractivity contribution in [3.63, 3.8) is 0 Å². The highest BCUT2D eigenvalue weighted by Crippen LogP contribution is 2.30. The van der Waals surface area contributed by atoms with Crippen molar-refractivity contribution < 1.29 is 23.9 Å². The van der Waals surface area contributed by atoms with Crippen molar-refractivity contribution in [1.29, 1.82) is 0 Å². The fourth-order valence-electron chi connectivity index (χ4n) is 5.59. The first-order chi connectivity index (χ1) is 20.3. The smallest absolute Gasteiger partial charge is 0.334 e. The number of hydrogen-bond donors (Lipinski definition) is 2. The van der Waals surface area contributed by atoms with Gasteiger partial charge in [-0.1, -0.05) is 66.7 Å². The zero-order chi connectivity index (χ0) is 29.8. The van der Waals surface area contributed by atoms with Crippen LogP contribution in [-0.2, 0) is 29.1 Å². The molecule has 2 saturated heterocycles. The Balaban J connectivity index is 1.51. The molecule has 4 amide bonds. The molecule has 5 rings (SSSR count). The highest BCUT2D eigenvalue weighted by molar-refractivity contribution is 5.91. The number of phenols is 1.